The van der Waals surface area contributed by atoms with Gasteiger partial charge in [0.1, 0.15) is 0 Å². The normalized spacial score (nSPS) is 28.7. The SMILES string of the molecule is [C]1=C/C=C/C=C/C=C/C=C\C=C\C=C\C=C\CCCCCCCCCCC/1. The van der Waals surface area contributed by atoms with Gasteiger partial charge >= 0.3 is 0 Å². The molecular weight excluding hydrogens is 324 g/mol. The Hall–Kier alpha value is -2.08. The summed E-state index contributed by atoms with van der Waals surface area (Å²) in [5.41, 5.74) is 0. The predicted octanol–water partition coefficient (Wildman–Crippen LogP) is 8.54. The Labute approximate surface area is 168 Å². The van der Waals surface area contributed by atoms with Crippen molar-refractivity contribution in [3.05, 3.63) is 97.2 Å². The summed E-state index contributed by atoms with van der Waals surface area (Å²) in [4.78, 5) is 0. The minimum absolute atomic E-state index is 1.08. The molecule has 0 unspecified atom stereocenters. The van der Waals surface area contributed by atoms with E-state index in [0.29, 0.717) is 0 Å². The highest BCUT2D eigenvalue weighted by atomic mass is 14.0. The molecule has 0 saturated carbocycles. The molecule has 0 aromatic carbocycles. The molecule has 1 radical (unpaired) electrons. The summed E-state index contributed by atoms with van der Waals surface area (Å²) in [7, 11) is 0. The number of allylic oxidation sites excluding steroid dienone is 16. The van der Waals surface area contributed by atoms with E-state index in [1.165, 1.54) is 64.2 Å². The van der Waals surface area contributed by atoms with Crippen molar-refractivity contribution in [3.63, 3.8) is 0 Å². The van der Waals surface area contributed by atoms with Crippen LogP contribution in [0.25, 0.3) is 0 Å². The first-order valence-electron chi connectivity index (χ1n) is 10.7. The predicted molar refractivity (Wildman–Crippen MR) is 123 cm³/mol. The Morgan fingerprint density at radius 2 is 0.778 bits per heavy atom. The first kappa shape index (κ1) is 23.0. The third-order valence-electron chi connectivity index (χ3n) is 4.38. The molecule has 0 heterocycles. The minimum atomic E-state index is 1.08. The second kappa shape index (κ2) is 20.2. The number of rotatable bonds is 0. The standard InChI is InChI=1S/C27H37/c1-2-4-6-8-10-12-14-16-18-20-22-24-26-27-25-23-21-19-17-15-13-11-9-7-5-3-1/h1-15H,16,18-27H2/b2-1-,5-3+,6-4+,9-7+,10-8+,13-11+,14-12+,17-15?. The quantitative estimate of drug-likeness (QED) is 0.405. The van der Waals surface area contributed by atoms with Crippen LogP contribution < -0.4 is 0 Å². The molecule has 1 aliphatic carbocycles. The molecule has 0 N–H and O–H groups in total. The third kappa shape index (κ3) is 18.5. The van der Waals surface area contributed by atoms with Crippen LogP contribution in [0.4, 0.5) is 0 Å². The largest absolute Gasteiger partial charge is 0.0845 e. The Morgan fingerprint density at radius 1 is 0.370 bits per heavy atom. The third-order valence-corrected chi connectivity index (χ3v) is 4.38. The maximum absolute atomic E-state index is 3.36. The molecule has 0 nitrogen and oxygen atoms in total. The summed E-state index contributed by atoms with van der Waals surface area (Å²) in [6.07, 6.45) is 49.0. The average Bonchev–Trinajstić information content (AvgIpc) is 2.68. The molecular formula is C27H37. The van der Waals surface area contributed by atoms with Gasteiger partial charge in [-0.2, -0.15) is 0 Å². The summed E-state index contributed by atoms with van der Waals surface area (Å²) in [6.45, 7) is 0. The van der Waals surface area contributed by atoms with Crippen LogP contribution in [0.2, 0.25) is 0 Å². The van der Waals surface area contributed by atoms with E-state index in [1.807, 2.05) is 54.7 Å². The topological polar surface area (TPSA) is 0 Å². The molecule has 0 aromatic heterocycles. The van der Waals surface area contributed by atoms with Crippen LogP contribution in [-0.2, 0) is 0 Å². The Kier molecular flexibility index (Phi) is 17.2. The zero-order valence-electron chi connectivity index (χ0n) is 16.9. The van der Waals surface area contributed by atoms with E-state index in [1.54, 1.807) is 0 Å². The lowest BCUT2D eigenvalue weighted by molar-refractivity contribution is 0.560. The zero-order chi connectivity index (χ0) is 19.1. The second-order valence-corrected chi connectivity index (χ2v) is 6.83. The fourth-order valence-corrected chi connectivity index (χ4v) is 2.81. The average molecular weight is 362 g/mol. The van der Waals surface area contributed by atoms with E-state index < -0.39 is 0 Å². The van der Waals surface area contributed by atoms with Gasteiger partial charge in [0.05, 0.1) is 0 Å². The van der Waals surface area contributed by atoms with E-state index in [2.05, 4.69) is 42.5 Å². The summed E-state index contributed by atoms with van der Waals surface area (Å²) in [6, 6.07) is 0. The van der Waals surface area contributed by atoms with Gasteiger partial charge in [0, 0.05) is 0 Å². The molecule has 0 heteroatoms. The van der Waals surface area contributed by atoms with Crippen molar-refractivity contribution in [3.8, 4) is 0 Å². The van der Waals surface area contributed by atoms with Crippen molar-refractivity contribution in [1.29, 1.82) is 0 Å². The number of hydrogen-bond acceptors (Lipinski definition) is 0. The molecule has 0 saturated heterocycles. The maximum Gasteiger partial charge on any atom is -0.0276 e. The molecule has 145 valence electrons. The lowest BCUT2D eigenvalue weighted by Gasteiger charge is -2.01. The van der Waals surface area contributed by atoms with Crippen molar-refractivity contribution < 1.29 is 0 Å². The molecule has 0 atom stereocenters. The fraction of sp³-hybridized carbons (Fsp3) is 0.407. The molecule has 1 rings (SSSR count). The second-order valence-electron chi connectivity index (χ2n) is 6.83. The van der Waals surface area contributed by atoms with Crippen molar-refractivity contribution in [2.75, 3.05) is 0 Å². The van der Waals surface area contributed by atoms with Gasteiger partial charge in [0.25, 0.3) is 0 Å². The van der Waals surface area contributed by atoms with E-state index in [0.717, 1.165) is 6.42 Å². The molecule has 0 bridgehead atoms. The molecule has 0 aliphatic heterocycles. The monoisotopic (exact) mass is 361 g/mol. The van der Waals surface area contributed by atoms with Crippen molar-refractivity contribution in [1.82, 2.24) is 0 Å². The van der Waals surface area contributed by atoms with Gasteiger partial charge in [-0.1, -0.05) is 136 Å². The first-order valence-corrected chi connectivity index (χ1v) is 10.7. The van der Waals surface area contributed by atoms with Crippen LogP contribution in [0.15, 0.2) is 91.1 Å². The van der Waals surface area contributed by atoms with Gasteiger partial charge in [-0.05, 0) is 31.8 Å². The first-order chi connectivity index (χ1) is 13.5. The minimum Gasteiger partial charge on any atom is -0.0845 e. The van der Waals surface area contributed by atoms with Crippen LogP contribution in [-0.4, -0.2) is 0 Å². The molecule has 1 aliphatic rings. The van der Waals surface area contributed by atoms with Gasteiger partial charge < -0.3 is 0 Å². The van der Waals surface area contributed by atoms with Crippen LogP contribution in [0.1, 0.15) is 70.6 Å². The van der Waals surface area contributed by atoms with Crippen LogP contribution >= 0.6 is 0 Å². The molecule has 0 fully saturated rings. The maximum atomic E-state index is 3.36. The Bertz CT molecular complexity index is 497. The highest BCUT2D eigenvalue weighted by molar-refractivity contribution is 5.21. The van der Waals surface area contributed by atoms with Crippen LogP contribution in [0, 0.1) is 6.08 Å². The summed E-state index contributed by atoms with van der Waals surface area (Å²) in [5, 5.41) is 0. The fourth-order valence-electron chi connectivity index (χ4n) is 2.81. The van der Waals surface area contributed by atoms with Gasteiger partial charge in [0.2, 0.25) is 0 Å². The van der Waals surface area contributed by atoms with E-state index in [-0.39, 0.29) is 0 Å². The van der Waals surface area contributed by atoms with Gasteiger partial charge in [-0.15, -0.1) is 0 Å². The number of hydrogen-bond donors (Lipinski definition) is 0. The van der Waals surface area contributed by atoms with E-state index in [9.17, 15) is 0 Å². The molecule has 0 amide bonds. The van der Waals surface area contributed by atoms with Gasteiger partial charge in [-0.25, -0.2) is 0 Å². The lowest BCUT2D eigenvalue weighted by Crippen LogP contribution is -1.81. The van der Waals surface area contributed by atoms with Crippen LogP contribution in [0.5, 0.6) is 0 Å². The zero-order valence-corrected chi connectivity index (χ0v) is 16.9. The summed E-state index contributed by atoms with van der Waals surface area (Å²) >= 11 is 0. The van der Waals surface area contributed by atoms with Gasteiger partial charge in [0.15, 0.2) is 0 Å². The van der Waals surface area contributed by atoms with Gasteiger partial charge in [-0.3, -0.25) is 0 Å². The highest BCUT2D eigenvalue weighted by Crippen LogP contribution is 2.11. The highest BCUT2D eigenvalue weighted by Gasteiger charge is 1.92. The Balaban J connectivity index is 2.37. The van der Waals surface area contributed by atoms with E-state index >= 15 is 0 Å². The van der Waals surface area contributed by atoms with E-state index in [4.69, 9.17) is 0 Å². The smallest absolute Gasteiger partial charge is 0.0276 e. The van der Waals surface area contributed by atoms with Crippen molar-refractivity contribution >= 4 is 0 Å². The Morgan fingerprint density at radius 3 is 1.33 bits per heavy atom. The molecule has 27 heavy (non-hydrogen) atoms. The van der Waals surface area contributed by atoms with Crippen molar-refractivity contribution in [2.24, 2.45) is 0 Å². The van der Waals surface area contributed by atoms with Crippen LogP contribution in [0.3, 0.4) is 0 Å². The molecule has 0 aromatic rings. The summed E-state index contributed by atoms with van der Waals surface area (Å²) in [5.74, 6) is 0. The van der Waals surface area contributed by atoms with Crippen molar-refractivity contribution in [2.45, 2.75) is 70.6 Å². The lowest BCUT2D eigenvalue weighted by atomic mass is 10.1. The molecule has 0 spiro atoms. The summed E-state index contributed by atoms with van der Waals surface area (Å²) < 4.78 is 0.